The highest BCUT2D eigenvalue weighted by atomic mass is 15.3. The molecule has 0 unspecified atom stereocenters. The number of aromatic nitrogens is 2. The van der Waals surface area contributed by atoms with Gasteiger partial charge in [0.15, 0.2) is 0 Å². The second kappa shape index (κ2) is 2.78. The van der Waals surface area contributed by atoms with Crippen LogP contribution in [0, 0.1) is 6.92 Å². The maximum Gasteiger partial charge on any atom is 0.148 e. The third-order valence-electron chi connectivity index (χ3n) is 1.41. The van der Waals surface area contributed by atoms with Crippen LogP contribution in [0.25, 0.3) is 0 Å². The normalized spacial score (nSPS) is 10.0. The van der Waals surface area contributed by atoms with E-state index in [0.29, 0.717) is 5.82 Å². The van der Waals surface area contributed by atoms with Crippen LogP contribution in [0.5, 0.6) is 0 Å². The summed E-state index contributed by atoms with van der Waals surface area (Å²) in [4.78, 5) is 0. The summed E-state index contributed by atoms with van der Waals surface area (Å²) in [6.07, 6.45) is 1.92. The standard InChI is InChI=1S/C8H13N3/c1-6(2)4-11-5-7(3)8(9)10-11/h5H,1,4H2,2-3H3,(H2,9,10). The number of nitrogen functional groups attached to an aromatic ring is 1. The molecule has 3 nitrogen and oxygen atoms in total. The van der Waals surface area contributed by atoms with Crippen molar-refractivity contribution in [1.29, 1.82) is 0 Å². The van der Waals surface area contributed by atoms with E-state index in [0.717, 1.165) is 17.7 Å². The molecule has 0 aromatic carbocycles. The van der Waals surface area contributed by atoms with Gasteiger partial charge in [0.2, 0.25) is 0 Å². The van der Waals surface area contributed by atoms with Crippen molar-refractivity contribution in [2.24, 2.45) is 0 Å². The molecule has 0 aliphatic rings. The molecule has 1 aromatic heterocycles. The van der Waals surface area contributed by atoms with E-state index in [-0.39, 0.29) is 0 Å². The molecule has 1 rings (SSSR count). The lowest BCUT2D eigenvalue weighted by Crippen LogP contribution is -1.99. The van der Waals surface area contributed by atoms with E-state index in [2.05, 4.69) is 11.7 Å². The quantitative estimate of drug-likeness (QED) is 0.648. The summed E-state index contributed by atoms with van der Waals surface area (Å²) in [5, 5.41) is 4.08. The molecule has 0 aliphatic carbocycles. The second-order valence-electron chi connectivity index (χ2n) is 2.85. The Hall–Kier alpha value is -1.25. The molecule has 0 amide bonds. The lowest BCUT2D eigenvalue weighted by molar-refractivity contribution is 0.681. The zero-order chi connectivity index (χ0) is 8.43. The SMILES string of the molecule is C=C(C)Cn1cc(C)c(N)n1. The molecule has 0 saturated heterocycles. The number of hydrogen-bond acceptors (Lipinski definition) is 2. The average molecular weight is 151 g/mol. The summed E-state index contributed by atoms with van der Waals surface area (Å²) in [5.41, 5.74) is 7.65. The van der Waals surface area contributed by atoms with Gasteiger partial charge in [0, 0.05) is 11.8 Å². The molecule has 1 aromatic rings. The van der Waals surface area contributed by atoms with Crippen LogP contribution in [0.4, 0.5) is 5.82 Å². The van der Waals surface area contributed by atoms with E-state index in [1.807, 2.05) is 20.0 Å². The molecule has 60 valence electrons. The first-order valence-electron chi connectivity index (χ1n) is 3.53. The molecule has 0 atom stereocenters. The highest BCUT2D eigenvalue weighted by molar-refractivity contribution is 5.35. The first kappa shape index (κ1) is 7.85. The van der Waals surface area contributed by atoms with E-state index < -0.39 is 0 Å². The topological polar surface area (TPSA) is 43.8 Å². The summed E-state index contributed by atoms with van der Waals surface area (Å²) in [7, 11) is 0. The number of allylic oxidation sites excluding steroid dienone is 1. The maximum atomic E-state index is 5.55. The Bertz CT molecular complexity index is 253. The lowest BCUT2D eigenvalue weighted by atomic mass is 10.3. The first-order valence-corrected chi connectivity index (χ1v) is 3.53. The van der Waals surface area contributed by atoms with Crippen LogP contribution in [-0.4, -0.2) is 9.78 Å². The monoisotopic (exact) mass is 151 g/mol. The number of aryl methyl sites for hydroxylation is 1. The number of hydrogen-bond donors (Lipinski definition) is 1. The van der Waals surface area contributed by atoms with E-state index in [9.17, 15) is 0 Å². The van der Waals surface area contributed by atoms with Crippen molar-refractivity contribution in [1.82, 2.24) is 9.78 Å². The van der Waals surface area contributed by atoms with Crippen molar-refractivity contribution in [3.05, 3.63) is 23.9 Å². The van der Waals surface area contributed by atoms with Crippen LogP contribution in [0.3, 0.4) is 0 Å². The van der Waals surface area contributed by atoms with Gasteiger partial charge in [-0.3, -0.25) is 4.68 Å². The van der Waals surface area contributed by atoms with Crippen LogP contribution >= 0.6 is 0 Å². The second-order valence-corrected chi connectivity index (χ2v) is 2.85. The predicted molar refractivity (Wildman–Crippen MR) is 46.2 cm³/mol. The molecule has 3 heteroatoms. The Kier molecular flexibility index (Phi) is 1.98. The van der Waals surface area contributed by atoms with Gasteiger partial charge in [-0.15, -0.1) is 0 Å². The highest BCUT2D eigenvalue weighted by Crippen LogP contribution is 2.07. The number of nitrogens with zero attached hydrogens (tertiary/aromatic N) is 2. The third kappa shape index (κ3) is 1.83. The minimum absolute atomic E-state index is 0.603. The van der Waals surface area contributed by atoms with E-state index in [1.165, 1.54) is 0 Å². The van der Waals surface area contributed by atoms with Gasteiger partial charge in [0.25, 0.3) is 0 Å². The maximum absolute atomic E-state index is 5.55. The van der Waals surface area contributed by atoms with Gasteiger partial charge < -0.3 is 5.73 Å². The number of rotatable bonds is 2. The molecule has 0 fully saturated rings. The van der Waals surface area contributed by atoms with Gasteiger partial charge in [0.05, 0.1) is 6.54 Å². The van der Waals surface area contributed by atoms with Crippen molar-refractivity contribution in [3.63, 3.8) is 0 Å². The Morgan fingerprint density at radius 3 is 2.82 bits per heavy atom. The molecule has 2 N–H and O–H groups in total. The van der Waals surface area contributed by atoms with Crippen molar-refractivity contribution >= 4 is 5.82 Å². The van der Waals surface area contributed by atoms with Gasteiger partial charge in [-0.25, -0.2) is 0 Å². The molecule has 11 heavy (non-hydrogen) atoms. The van der Waals surface area contributed by atoms with Gasteiger partial charge in [-0.05, 0) is 13.8 Å². The largest absolute Gasteiger partial charge is 0.382 e. The van der Waals surface area contributed by atoms with Crippen molar-refractivity contribution in [2.45, 2.75) is 20.4 Å². The van der Waals surface area contributed by atoms with Gasteiger partial charge in [-0.1, -0.05) is 12.2 Å². The molecule has 0 saturated carbocycles. The Morgan fingerprint density at radius 2 is 2.45 bits per heavy atom. The van der Waals surface area contributed by atoms with Gasteiger partial charge in [0.1, 0.15) is 5.82 Å². The van der Waals surface area contributed by atoms with E-state index in [4.69, 9.17) is 5.73 Å². The molecule has 0 bridgehead atoms. The molecule has 0 aliphatic heterocycles. The average Bonchev–Trinajstić information content (AvgIpc) is 2.10. The Balaban J connectivity index is 2.81. The summed E-state index contributed by atoms with van der Waals surface area (Å²) >= 11 is 0. The fourth-order valence-electron chi connectivity index (χ4n) is 0.893. The minimum atomic E-state index is 0.603. The number of nitrogens with two attached hydrogens (primary N) is 1. The van der Waals surface area contributed by atoms with Crippen LogP contribution in [-0.2, 0) is 6.54 Å². The minimum Gasteiger partial charge on any atom is -0.382 e. The van der Waals surface area contributed by atoms with Crippen LogP contribution < -0.4 is 5.73 Å². The van der Waals surface area contributed by atoms with Crippen molar-refractivity contribution < 1.29 is 0 Å². The molecule has 0 radical (unpaired) electrons. The van der Waals surface area contributed by atoms with E-state index >= 15 is 0 Å². The highest BCUT2D eigenvalue weighted by Gasteiger charge is 1.99. The predicted octanol–water partition coefficient (Wildman–Crippen LogP) is 1.35. The third-order valence-corrected chi connectivity index (χ3v) is 1.41. The first-order chi connectivity index (χ1) is 5.09. The van der Waals surface area contributed by atoms with E-state index in [1.54, 1.807) is 4.68 Å². The molecule has 1 heterocycles. The summed E-state index contributed by atoms with van der Waals surface area (Å²) in [6, 6.07) is 0. The van der Waals surface area contributed by atoms with Gasteiger partial charge in [-0.2, -0.15) is 5.10 Å². The summed E-state index contributed by atoms with van der Waals surface area (Å²) in [6.45, 7) is 8.44. The fourth-order valence-corrected chi connectivity index (χ4v) is 0.893. The summed E-state index contributed by atoms with van der Waals surface area (Å²) in [5.74, 6) is 0.603. The van der Waals surface area contributed by atoms with Gasteiger partial charge >= 0.3 is 0 Å². The Morgan fingerprint density at radius 1 is 1.82 bits per heavy atom. The molecular weight excluding hydrogens is 138 g/mol. The van der Waals surface area contributed by atoms with Crippen LogP contribution in [0.1, 0.15) is 12.5 Å². The molecule has 0 spiro atoms. The van der Waals surface area contributed by atoms with Crippen LogP contribution in [0.15, 0.2) is 18.3 Å². The summed E-state index contributed by atoms with van der Waals surface area (Å²) < 4.78 is 1.80. The Labute approximate surface area is 66.5 Å². The smallest absolute Gasteiger partial charge is 0.148 e. The number of anilines is 1. The van der Waals surface area contributed by atoms with Crippen molar-refractivity contribution in [3.8, 4) is 0 Å². The van der Waals surface area contributed by atoms with Crippen LogP contribution in [0.2, 0.25) is 0 Å². The zero-order valence-corrected chi connectivity index (χ0v) is 6.96. The fraction of sp³-hybridized carbons (Fsp3) is 0.375. The zero-order valence-electron chi connectivity index (χ0n) is 6.96. The van der Waals surface area contributed by atoms with Crippen molar-refractivity contribution in [2.75, 3.05) is 5.73 Å². The lowest BCUT2D eigenvalue weighted by Gasteiger charge is -1.97. The molecular formula is C8H13N3.